The summed E-state index contributed by atoms with van der Waals surface area (Å²) in [6.45, 7) is 7.64. The Hall–Kier alpha value is -4.28. The van der Waals surface area contributed by atoms with Crippen LogP contribution in [0.5, 0.6) is 11.6 Å². The quantitative estimate of drug-likeness (QED) is 0.412. The van der Waals surface area contributed by atoms with Gasteiger partial charge in [-0.05, 0) is 69.7 Å². The summed E-state index contributed by atoms with van der Waals surface area (Å²) in [6, 6.07) is 9.98. The van der Waals surface area contributed by atoms with Crippen molar-refractivity contribution in [2.75, 3.05) is 5.32 Å². The average Bonchev–Trinajstić information content (AvgIpc) is 3.07. The van der Waals surface area contributed by atoms with Gasteiger partial charge < -0.3 is 10.1 Å². The summed E-state index contributed by atoms with van der Waals surface area (Å²) in [5.74, 6) is 1.29. The fraction of sp³-hybridized carbons (Fsp3) is 0.208. The number of nitrogens with one attached hydrogen (secondary N) is 1. The fourth-order valence-electron chi connectivity index (χ4n) is 3.26. The molecule has 180 valence electrons. The molecule has 1 aromatic carbocycles. The molecule has 35 heavy (non-hydrogen) atoms. The monoisotopic (exact) mass is 482 g/mol. The van der Waals surface area contributed by atoms with Crippen molar-refractivity contribution in [2.45, 2.75) is 33.9 Å². The first kappa shape index (κ1) is 23.9. The van der Waals surface area contributed by atoms with E-state index in [4.69, 9.17) is 4.74 Å². The van der Waals surface area contributed by atoms with E-state index < -0.39 is 17.8 Å². The molecule has 0 saturated heterocycles. The molecule has 0 atom stereocenters. The predicted octanol–water partition coefficient (Wildman–Crippen LogP) is 5.35. The molecule has 8 nitrogen and oxygen atoms in total. The van der Waals surface area contributed by atoms with Crippen LogP contribution in [0.2, 0.25) is 0 Å². The van der Waals surface area contributed by atoms with E-state index in [1.54, 1.807) is 41.9 Å². The highest BCUT2D eigenvalue weighted by Crippen LogP contribution is 2.28. The average molecular weight is 482 g/mol. The predicted molar refractivity (Wildman–Crippen MR) is 122 cm³/mol. The van der Waals surface area contributed by atoms with E-state index in [1.165, 1.54) is 0 Å². The Morgan fingerprint density at radius 2 is 1.71 bits per heavy atom. The van der Waals surface area contributed by atoms with E-state index >= 15 is 0 Å². The van der Waals surface area contributed by atoms with Gasteiger partial charge in [-0.15, -0.1) is 0 Å². The number of rotatable bonds is 5. The Morgan fingerprint density at radius 3 is 2.29 bits per heavy atom. The van der Waals surface area contributed by atoms with Gasteiger partial charge in [0, 0.05) is 23.6 Å². The van der Waals surface area contributed by atoms with Gasteiger partial charge in [-0.1, -0.05) is 0 Å². The molecule has 1 N–H and O–H groups in total. The number of aromatic nitrogens is 5. The zero-order valence-corrected chi connectivity index (χ0v) is 19.3. The molecule has 0 bridgehead atoms. The highest BCUT2D eigenvalue weighted by molar-refractivity contribution is 6.04. The maximum absolute atomic E-state index is 12.6. The third kappa shape index (κ3) is 5.29. The number of carbonyl (C=O) groups excluding carboxylic acids is 1. The van der Waals surface area contributed by atoms with Crippen molar-refractivity contribution in [1.82, 2.24) is 24.7 Å². The number of hydrogen-bond acceptors (Lipinski definition) is 6. The molecular weight excluding hydrogens is 461 g/mol. The minimum absolute atomic E-state index is 0.00158. The number of alkyl halides is 3. The van der Waals surface area contributed by atoms with Crippen molar-refractivity contribution < 1.29 is 22.7 Å². The first-order valence-electron chi connectivity index (χ1n) is 10.5. The van der Waals surface area contributed by atoms with Gasteiger partial charge in [0.2, 0.25) is 5.88 Å². The van der Waals surface area contributed by atoms with Crippen LogP contribution in [0, 0.1) is 27.7 Å². The molecule has 0 spiro atoms. The van der Waals surface area contributed by atoms with Crippen molar-refractivity contribution >= 4 is 11.6 Å². The fourth-order valence-corrected chi connectivity index (χ4v) is 3.26. The number of amides is 1. The Balaban J connectivity index is 1.46. The molecule has 0 aliphatic rings. The van der Waals surface area contributed by atoms with Gasteiger partial charge in [-0.3, -0.25) is 9.78 Å². The molecule has 4 rings (SSSR count). The third-order valence-corrected chi connectivity index (χ3v) is 5.32. The minimum atomic E-state index is -4.57. The van der Waals surface area contributed by atoms with Crippen molar-refractivity contribution in [2.24, 2.45) is 0 Å². The second kappa shape index (κ2) is 9.16. The van der Waals surface area contributed by atoms with Gasteiger partial charge in [0.1, 0.15) is 17.3 Å². The number of nitrogens with zero attached hydrogens (tertiary/aromatic N) is 5. The number of aryl methyl sites for hydroxylation is 2. The van der Waals surface area contributed by atoms with E-state index in [9.17, 15) is 18.0 Å². The molecule has 3 heterocycles. The molecule has 1 amide bonds. The zero-order valence-electron chi connectivity index (χ0n) is 19.3. The highest BCUT2D eigenvalue weighted by atomic mass is 19.4. The van der Waals surface area contributed by atoms with E-state index in [2.05, 4.69) is 25.4 Å². The molecule has 0 fully saturated rings. The summed E-state index contributed by atoms with van der Waals surface area (Å²) in [7, 11) is 0. The van der Waals surface area contributed by atoms with Crippen LogP contribution < -0.4 is 10.1 Å². The molecule has 0 saturated carbocycles. The molecule has 0 aliphatic carbocycles. The second-order valence-electron chi connectivity index (χ2n) is 7.83. The lowest BCUT2D eigenvalue weighted by atomic mass is 10.2. The number of benzene rings is 1. The van der Waals surface area contributed by atoms with E-state index in [-0.39, 0.29) is 5.56 Å². The van der Waals surface area contributed by atoms with E-state index in [0.717, 1.165) is 35.3 Å². The summed E-state index contributed by atoms with van der Waals surface area (Å²) in [5.41, 5.74) is 2.32. The topological polar surface area (TPSA) is 94.8 Å². The van der Waals surface area contributed by atoms with Gasteiger partial charge in [-0.2, -0.15) is 23.3 Å². The van der Waals surface area contributed by atoms with E-state index in [0.29, 0.717) is 29.0 Å². The minimum Gasteiger partial charge on any atom is -0.439 e. The first-order chi connectivity index (χ1) is 16.5. The van der Waals surface area contributed by atoms with E-state index in [1.807, 2.05) is 20.8 Å². The zero-order chi connectivity index (χ0) is 25.3. The number of hydrogen-bond donors (Lipinski definition) is 1. The smallest absolute Gasteiger partial charge is 0.433 e. The first-order valence-corrected chi connectivity index (χ1v) is 10.5. The van der Waals surface area contributed by atoms with Gasteiger partial charge in [0.15, 0.2) is 5.82 Å². The molecular formula is C24H21F3N6O2. The second-order valence-corrected chi connectivity index (χ2v) is 7.83. The van der Waals surface area contributed by atoms with Crippen molar-refractivity contribution in [3.63, 3.8) is 0 Å². The van der Waals surface area contributed by atoms with Crippen LogP contribution in [0.1, 0.15) is 38.8 Å². The van der Waals surface area contributed by atoms with Crippen LogP contribution in [0.25, 0.3) is 5.82 Å². The SMILES string of the molecule is Cc1nc(Oc2ccc(NC(=O)c3ccc(C(F)(F)F)nc3)cc2)cc(-n2nc(C)c(C)c2C)n1. The van der Waals surface area contributed by atoms with Crippen LogP contribution in [-0.4, -0.2) is 30.6 Å². The summed E-state index contributed by atoms with van der Waals surface area (Å²) >= 11 is 0. The third-order valence-electron chi connectivity index (χ3n) is 5.32. The molecule has 4 aromatic rings. The van der Waals surface area contributed by atoms with Crippen LogP contribution in [-0.2, 0) is 6.18 Å². The largest absolute Gasteiger partial charge is 0.439 e. The van der Waals surface area contributed by atoms with Crippen molar-refractivity contribution in [1.29, 1.82) is 0 Å². The normalized spacial score (nSPS) is 11.4. The van der Waals surface area contributed by atoms with Gasteiger partial charge >= 0.3 is 6.18 Å². The summed E-state index contributed by atoms with van der Waals surface area (Å²) in [5, 5.41) is 7.13. The highest BCUT2D eigenvalue weighted by Gasteiger charge is 2.32. The lowest BCUT2D eigenvalue weighted by Crippen LogP contribution is -2.14. The van der Waals surface area contributed by atoms with Crippen molar-refractivity contribution in [3.05, 3.63) is 82.7 Å². The lowest BCUT2D eigenvalue weighted by molar-refractivity contribution is -0.141. The number of carbonyl (C=O) groups is 1. The maximum atomic E-state index is 12.6. The number of ether oxygens (including phenoxy) is 1. The molecule has 0 unspecified atom stereocenters. The number of anilines is 1. The van der Waals surface area contributed by atoms with Gasteiger partial charge in [-0.25, -0.2) is 9.67 Å². The molecule has 0 aliphatic heterocycles. The van der Waals surface area contributed by atoms with Crippen LogP contribution in [0.15, 0.2) is 48.7 Å². The number of halogens is 3. The van der Waals surface area contributed by atoms with Crippen molar-refractivity contribution in [3.8, 4) is 17.4 Å². The van der Waals surface area contributed by atoms with Crippen LogP contribution in [0.4, 0.5) is 18.9 Å². The maximum Gasteiger partial charge on any atom is 0.433 e. The standard InChI is InChI=1S/C24H21F3N6O2/c1-13-14(2)32-33(15(13)3)21-11-22(30-16(4)29-21)35-19-8-6-18(7-9-19)31-23(34)17-5-10-20(28-12-17)24(25,26)27/h5-12H,1-4H3,(H,31,34). The van der Waals surface area contributed by atoms with Gasteiger partial charge in [0.05, 0.1) is 11.3 Å². The summed E-state index contributed by atoms with van der Waals surface area (Å²) < 4.78 is 45.5. The Labute approximate surface area is 198 Å². The summed E-state index contributed by atoms with van der Waals surface area (Å²) in [4.78, 5) is 24.4. The molecule has 11 heteroatoms. The Morgan fingerprint density at radius 1 is 1.00 bits per heavy atom. The van der Waals surface area contributed by atoms with Gasteiger partial charge in [0.25, 0.3) is 5.91 Å². The van der Waals surface area contributed by atoms with Crippen LogP contribution >= 0.6 is 0 Å². The number of pyridine rings is 1. The lowest BCUT2D eigenvalue weighted by Gasteiger charge is -2.10. The summed E-state index contributed by atoms with van der Waals surface area (Å²) in [6.07, 6.45) is -3.68. The Bertz CT molecular complexity index is 1380. The Kier molecular flexibility index (Phi) is 6.25. The van der Waals surface area contributed by atoms with Crippen LogP contribution in [0.3, 0.4) is 0 Å². The molecule has 0 radical (unpaired) electrons. The molecule has 3 aromatic heterocycles.